The number of hydrogen-bond acceptors (Lipinski definition) is 3. The molecule has 156 valence electrons. The number of carbonyl (C=O) groups is 1. The highest BCUT2D eigenvalue weighted by Gasteiger charge is 2.15. The Labute approximate surface area is 198 Å². The van der Waals surface area contributed by atoms with Gasteiger partial charge in [-0.05, 0) is 70.1 Å². The van der Waals surface area contributed by atoms with Crippen LogP contribution in [-0.4, -0.2) is 13.0 Å². The first-order valence-electron chi connectivity index (χ1n) is 9.20. The second-order valence-electron chi connectivity index (χ2n) is 6.56. The second kappa shape index (κ2) is 10.4. The number of rotatable bonds is 6. The second-order valence-corrected chi connectivity index (χ2v) is 8.12. The molecule has 3 aromatic rings. The summed E-state index contributed by atoms with van der Waals surface area (Å²) in [5.41, 5.74) is 2.33. The molecule has 3 rings (SSSR count). The summed E-state index contributed by atoms with van der Waals surface area (Å²) < 4.78 is 20.4. The Morgan fingerprint density at radius 3 is 2.61 bits per heavy atom. The van der Waals surface area contributed by atoms with Crippen LogP contribution in [0.4, 0.5) is 10.1 Å². The molecule has 0 spiro atoms. The molecule has 0 saturated heterocycles. The fourth-order valence-corrected chi connectivity index (χ4v) is 3.97. The molecule has 0 fully saturated rings. The van der Waals surface area contributed by atoms with Gasteiger partial charge in [-0.25, -0.2) is 4.39 Å². The summed E-state index contributed by atoms with van der Waals surface area (Å²) >= 11 is 8.21. The number of halogens is 3. The SMILES string of the molecule is COc1cc(/C=C(\C#N)C(=O)Nc2ccccc2Cl)cc(I)c1Cc1ccccc1F. The van der Waals surface area contributed by atoms with Crippen molar-refractivity contribution in [2.45, 2.75) is 6.42 Å². The van der Waals surface area contributed by atoms with Crippen LogP contribution in [0.3, 0.4) is 0 Å². The van der Waals surface area contributed by atoms with E-state index in [2.05, 4.69) is 27.9 Å². The molecule has 0 radical (unpaired) electrons. The molecule has 0 aromatic heterocycles. The number of nitrogens with one attached hydrogen (secondary N) is 1. The van der Waals surface area contributed by atoms with E-state index in [-0.39, 0.29) is 11.4 Å². The molecule has 0 unspecified atom stereocenters. The summed E-state index contributed by atoms with van der Waals surface area (Å²) in [4.78, 5) is 12.5. The highest BCUT2D eigenvalue weighted by atomic mass is 127. The van der Waals surface area contributed by atoms with Gasteiger partial charge in [0.1, 0.15) is 23.2 Å². The van der Waals surface area contributed by atoms with Gasteiger partial charge in [-0.15, -0.1) is 0 Å². The van der Waals surface area contributed by atoms with Crippen LogP contribution in [0, 0.1) is 20.7 Å². The Kier molecular flexibility index (Phi) is 7.66. The monoisotopic (exact) mass is 546 g/mol. The molecule has 31 heavy (non-hydrogen) atoms. The zero-order valence-corrected chi connectivity index (χ0v) is 19.4. The van der Waals surface area contributed by atoms with Crippen LogP contribution < -0.4 is 10.1 Å². The molecule has 7 heteroatoms. The largest absolute Gasteiger partial charge is 0.496 e. The van der Waals surface area contributed by atoms with Crippen molar-refractivity contribution in [3.63, 3.8) is 0 Å². The van der Waals surface area contributed by atoms with E-state index >= 15 is 0 Å². The van der Waals surface area contributed by atoms with Gasteiger partial charge in [-0.1, -0.05) is 41.9 Å². The molecule has 1 amide bonds. The summed E-state index contributed by atoms with van der Waals surface area (Å²) in [6, 6.07) is 18.8. The normalized spacial score (nSPS) is 11.0. The minimum atomic E-state index is -0.569. The van der Waals surface area contributed by atoms with Crippen LogP contribution in [0.1, 0.15) is 16.7 Å². The quantitative estimate of drug-likeness (QED) is 0.227. The van der Waals surface area contributed by atoms with Crippen molar-refractivity contribution in [3.05, 3.63) is 97.3 Å². The van der Waals surface area contributed by atoms with Crippen LogP contribution in [0.5, 0.6) is 5.75 Å². The minimum Gasteiger partial charge on any atom is -0.496 e. The number of carbonyl (C=O) groups excluding carboxylic acids is 1. The van der Waals surface area contributed by atoms with E-state index in [0.717, 1.165) is 9.13 Å². The average Bonchev–Trinajstić information content (AvgIpc) is 2.76. The zero-order valence-electron chi connectivity index (χ0n) is 16.5. The highest BCUT2D eigenvalue weighted by molar-refractivity contribution is 14.1. The Morgan fingerprint density at radius 1 is 1.23 bits per heavy atom. The molecule has 0 atom stereocenters. The summed E-state index contributed by atoms with van der Waals surface area (Å²) in [5, 5.41) is 12.5. The molecule has 4 nitrogen and oxygen atoms in total. The number of anilines is 1. The summed E-state index contributed by atoms with van der Waals surface area (Å²) in [7, 11) is 1.53. The van der Waals surface area contributed by atoms with Gasteiger partial charge in [0.05, 0.1) is 17.8 Å². The third kappa shape index (κ3) is 5.63. The van der Waals surface area contributed by atoms with E-state index in [0.29, 0.717) is 34.0 Å². The van der Waals surface area contributed by atoms with Gasteiger partial charge in [0.25, 0.3) is 5.91 Å². The van der Waals surface area contributed by atoms with E-state index < -0.39 is 5.91 Å². The number of nitrogens with zero attached hydrogens (tertiary/aromatic N) is 1. The topological polar surface area (TPSA) is 62.1 Å². The van der Waals surface area contributed by atoms with Crippen molar-refractivity contribution in [3.8, 4) is 11.8 Å². The Balaban J connectivity index is 1.91. The van der Waals surface area contributed by atoms with Crippen molar-refractivity contribution in [2.24, 2.45) is 0 Å². The Morgan fingerprint density at radius 2 is 1.94 bits per heavy atom. The van der Waals surface area contributed by atoms with Gasteiger partial charge < -0.3 is 10.1 Å². The molecular weight excluding hydrogens is 530 g/mol. The van der Waals surface area contributed by atoms with Gasteiger partial charge in [-0.2, -0.15) is 5.26 Å². The zero-order chi connectivity index (χ0) is 22.4. The van der Waals surface area contributed by atoms with Gasteiger partial charge in [0.15, 0.2) is 0 Å². The van der Waals surface area contributed by atoms with Crippen LogP contribution >= 0.6 is 34.2 Å². The number of ether oxygens (including phenoxy) is 1. The first-order valence-corrected chi connectivity index (χ1v) is 10.7. The number of hydrogen-bond donors (Lipinski definition) is 1. The van der Waals surface area contributed by atoms with E-state index in [1.165, 1.54) is 19.3 Å². The lowest BCUT2D eigenvalue weighted by atomic mass is 10.0. The Hall–Kier alpha value is -2.89. The van der Waals surface area contributed by atoms with Gasteiger partial charge >= 0.3 is 0 Å². The summed E-state index contributed by atoms with van der Waals surface area (Å²) in [6.45, 7) is 0. The third-order valence-electron chi connectivity index (χ3n) is 4.52. The first kappa shape index (κ1) is 22.8. The lowest BCUT2D eigenvalue weighted by Gasteiger charge is -2.13. The van der Waals surface area contributed by atoms with Crippen LogP contribution in [0.15, 0.2) is 66.2 Å². The Bertz CT molecular complexity index is 1200. The summed E-state index contributed by atoms with van der Waals surface area (Å²) in [5.74, 6) is -0.308. The molecule has 1 N–H and O–H groups in total. The van der Waals surface area contributed by atoms with Crippen molar-refractivity contribution in [1.29, 1.82) is 5.26 Å². The predicted molar refractivity (Wildman–Crippen MR) is 129 cm³/mol. The number of methoxy groups -OCH3 is 1. The fourth-order valence-electron chi connectivity index (χ4n) is 2.97. The molecule has 0 heterocycles. The molecule has 0 saturated carbocycles. The molecule has 3 aromatic carbocycles. The molecular formula is C24H17ClFIN2O2. The van der Waals surface area contributed by atoms with Crippen molar-refractivity contribution in [1.82, 2.24) is 0 Å². The number of benzene rings is 3. The maximum Gasteiger partial charge on any atom is 0.266 e. The maximum absolute atomic E-state index is 14.1. The van der Waals surface area contributed by atoms with Crippen molar-refractivity contribution < 1.29 is 13.9 Å². The van der Waals surface area contributed by atoms with E-state index in [4.69, 9.17) is 16.3 Å². The van der Waals surface area contributed by atoms with Gasteiger partial charge in [-0.3, -0.25) is 4.79 Å². The van der Waals surface area contributed by atoms with Crippen molar-refractivity contribution in [2.75, 3.05) is 12.4 Å². The highest BCUT2D eigenvalue weighted by Crippen LogP contribution is 2.30. The maximum atomic E-state index is 14.1. The number of nitriles is 1. The molecule has 0 aliphatic carbocycles. The molecule has 0 aliphatic heterocycles. The third-order valence-corrected chi connectivity index (χ3v) is 5.81. The van der Waals surface area contributed by atoms with Crippen LogP contribution in [0.2, 0.25) is 5.02 Å². The lowest BCUT2D eigenvalue weighted by Crippen LogP contribution is -2.13. The van der Waals surface area contributed by atoms with Crippen LogP contribution in [-0.2, 0) is 11.2 Å². The average molecular weight is 547 g/mol. The number of amides is 1. The van der Waals surface area contributed by atoms with E-state index in [1.807, 2.05) is 12.1 Å². The first-order chi connectivity index (χ1) is 14.9. The van der Waals surface area contributed by atoms with Gasteiger partial charge in [0, 0.05) is 15.6 Å². The summed E-state index contributed by atoms with van der Waals surface area (Å²) in [6.07, 6.45) is 1.83. The molecule has 0 aliphatic rings. The van der Waals surface area contributed by atoms with Gasteiger partial charge in [0.2, 0.25) is 0 Å². The predicted octanol–water partition coefficient (Wildman–Crippen LogP) is 6.23. The lowest BCUT2D eigenvalue weighted by molar-refractivity contribution is -0.112. The smallest absolute Gasteiger partial charge is 0.266 e. The fraction of sp³-hybridized carbons (Fsp3) is 0.0833. The van der Waals surface area contributed by atoms with Crippen LogP contribution in [0.25, 0.3) is 6.08 Å². The van der Waals surface area contributed by atoms with E-state index in [1.54, 1.807) is 48.5 Å². The standard InChI is InChI=1S/C24H17ClFIN2O2/c1-31-23-12-15(11-21(27)18(23)13-16-6-2-4-8-20(16)26)10-17(14-28)24(30)29-22-9-5-3-7-19(22)25/h2-12H,13H2,1H3,(H,29,30)/b17-10+. The van der Waals surface area contributed by atoms with E-state index in [9.17, 15) is 14.4 Å². The van der Waals surface area contributed by atoms with Crippen molar-refractivity contribution >= 4 is 51.9 Å². The number of para-hydroxylation sites is 1. The minimum absolute atomic E-state index is 0.0837. The molecule has 0 bridgehead atoms.